The highest BCUT2D eigenvalue weighted by molar-refractivity contribution is 6.76. The van der Waals surface area contributed by atoms with Crippen LogP contribution in [-0.2, 0) is 4.79 Å². The van der Waals surface area contributed by atoms with Gasteiger partial charge < -0.3 is 5.32 Å². The van der Waals surface area contributed by atoms with E-state index in [2.05, 4.69) is 0 Å². The van der Waals surface area contributed by atoms with Gasteiger partial charge in [-0.2, -0.15) is 0 Å². The summed E-state index contributed by atoms with van der Waals surface area (Å²) in [7, 11) is 0. The van der Waals surface area contributed by atoms with Crippen LogP contribution in [0.1, 0.15) is 0 Å². The van der Waals surface area contributed by atoms with Crippen LogP contribution < -0.4 is 5.32 Å². The van der Waals surface area contributed by atoms with Crippen LogP contribution in [0.15, 0.2) is 11.5 Å². The molecule has 0 fully saturated rings. The first-order valence-electron chi connectivity index (χ1n) is 2.22. The highest BCUT2D eigenvalue weighted by Crippen LogP contribution is 2.26. The van der Waals surface area contributed by atoms with E-state index < -0.39 is 14.9 Å². The number of alkyl halides is 3. The first kappa shape index (κ1) is 11.3. The second kappa shape index (κ2) is 4.36. The zero-order valence-electron chi connectivity index (χ0n) is 4.88. The van der Waals surface area contributed by atoms with E-state index in [1.807, 2.05) is 0 Å². The van der Waals surface area contributed by atoms with Gasteiger partial charge in [0.1, 0.15) is 11.5 Å². The molecule has 11 heavy (non-hydrogen) atoms. The topological polar surface area (TPSA) is 29.1 Å². The van der Waals surface area contributed by atoms with Crippen molar-refractivity contribution in [2.75, 3.05) is 0 Å². The van der Waals surface area contributed by atoms with Gasteiger partial charge in [-0.25, -0.2) is 4.39 Å². The fourth-order valence-electron chi connectivity index (χ4n) is 0.207. The third-order valence-electron chi connectivity index (χ3n) is 0.586. The van der Waals surface area contributed by atoms with E-state index in [0.29, 0.717) is 0 Å². The number of nitrogens with one attached hydrogen (secondary N) is 1. The summed E-state index contributed by atoms with van der Waals surface area (Å²) in [6, 6.07) is 0. The molecular weight excluding hydrogens is 239 g/mol. The first-order chi connectivity index (χ1) is 4.88. The average molecular weight is 241 g/mol. The lowest BCUT2D eigenvalue weighted by Crippen LogP contribution is -2.32. The van der Waals surface area contributed by atoms with Gasteiger partial charge in [-0.05, 0) is 0 Å². The van der Waals surface area contributed by atoms with Crippen molar-refractivity contribution in [1.29, 1.82) is 0 Å². The smallest absolute Gasteiger partial charge is 0.277 e. The van der Waals surface area contributed by atoms with Gasteiger partial charge in [0.2, 0.25) is 0 Å². The van der Waals surface area contributed by atoms with E-state index in [0.717, 1.165) is 0 Å². The second-order valence-electron chi connectivity index (χ2n) is 1.41. The summed E-state index contributed by atoms with van der Waals surface area (Å²) in [5.74, 6) is -1.01. The number of carbonyl (C=O) groups excluding carboxylic acids is 1. The summed E-state index contributed by atoms with van der Waals surface area (Å²) in [6.45, 7) is 0. The standard InChI is InChI=1S/C4H2Cl4FNO/c5-2(1-9)10-3(11)4(6,7)8/h1H,(H,10,11)/b2-1+. The number of amides is 1. The monoisotopic (exact) mass is 239 g/mol. The normalized spacial score (nSPS) is 13.0. The highest BCUT2D eigenvalue weighted by Gasteiger charge is 2.30. The van der Waals surface area contributed by atoms with Gasteiger partial charge in [-0.3, -0.25) is 4.79 Å². The van der Waals surface area contributed by atoms with Crippen molar-refractivity contribution in [3.05, 3.63) is 11.5 Å². The van der Waals surface area contributed by atoms with Crippen LogP contribution >= 0.6 is 46.4 Å². The quantitative estimate of drug-likeness (QED) is 0.554. The van der Waals surface area contributed by atoms with E-state index in [-0.39, 0.29) is 6.33 Å². The summed E-state index contributed by atoms with van der Waals surface area (Å²) in [5, 5.41) is 1.25. The lowest BCUT2D eigenvalue weighted by Gasteiger charge is -2.08. The Labute approximate surface area is 82.2 Å². The van der Waals surface area contributed by atoms with Crippen molar-refractivity contribution >= 4 is 52.3 Å². The lowest BCUT2D eigenvalue weighted by atomic mass is 10.7. The molecule has 0 aromatic carbocycles. The second-order valence-corrected chi connectivity index (χ2v) is 4.10. The number of halogens is 5. The molecule has 0 saturated heterocycles. The van der Waals surface area contributed by atoms with Gasteiger partial charge >= 0.3 is 0 Å². The average Bonchev–Trinajstić information content (AvgIpc) is 1.85. The van der Waals surface area contributed by atoms with Gasteiger partial charge in [-0.15, -0.1) is 0 Å². The Morgan fingerprint density at radius 2 is 1.91 bits per heavy atom. The Hall–Kier alpha value is 0.300. The lowest BCUT2D eigenvalue weighted by molar-refractivity contribution is -0.119. The summed E-state index contributed by atoms with van der Waals surface area (Å²) < 4.78 is 9.36. The van der Waals surface area contributed by atoms with Gasteiger partial charge in [-0.1, -0.05) is 46.4 Å². The van der Waals surface area contributed by atoms with Gasteiger partial charge in [0, 0.05) is 0 Å². The summed E-state index contributed by atoms with van der Waals surface area (Å²) in [5.41, 5.74) is 0. The number of hydrogen-bond donors (Lipinski definition) is 1. The third kappa shape index (κ3) is 4.69. The Morgan fingerprint density at radius 1 is 1.45 bits per heavy atom. The summed E-state index contributed by atoms with van der Waals surface area (Å²) in [4.78, 5) is 10.6. The summed E-state index contributed by atoms with van der Waals surface area (Å²) >= 11 is 20.3. The molecule has 0 saturated carbocycles. The van der Waals surface area contributed by atoms with Crippen molar-refractivity contribution in [1.82, 2.24) is 5.32 Å². The van der Waals surface area contributed by atoms with E-state index in [1.54, 1.807) is 5.32 Å². The Balaban J connectivity index is 4.10. The molecule has 0 aromatic heterocycles. The molecule has 0 aliphatic heterocycles. The number of rotatable bonds is 1. The Morgan fingerprint density at radius 3 is 2.18 bits per heavy atom. The maximum absolute atomic E-state index is 11.5. The third-order valence-corrected chi connectivity index (χ3v) is 1.28. The SMILES string of the molecule is O=C(N/C(Cl)=C/F)C(Cl)(Cl)Cl. The summed E-state index contributed by atoms with van der Waals surface area (Å²) in [6.07, 6.45) is -0.0319. The van der Waals surface area contributed by atoms with Crippen LogP contribution in [0.25, 0.3) is 0 Å². The molecule has 0 aliphatic carbocycles. The molecule has 0 rings (SSSR count). The van der Waals surface area contributed by atoms with Crippen LogP contribution in [0.4, 0.5) is 4.39 Å². The Bertz CT molecular complexity index is 187. The molecule has 0 spiro atoms. The van der Waals surface area contributed by atoms with Crippen LogP contribution in [0.3, 0.4) is 0 Å². The minimum absolute atomic E-state index is 0.0319. The fourth-order valence-corrected chi connectivity index (χ4v) is 0.434. The van der Waals surface area contributed by atoms with E-state index in [1.165, 1.54) is 0 Å². The fraction of sp³-hybridized carbons (Fsp3) is 0.250. The number of hydrogen-bond acceptors (Lipinski definition) is 1. The maximum Gasteiger partial charge on any atom is 0.277 e. The molecule has 0 bridgehead atoms. The van der Waals surface area contributed by atoms with Crippen molar-refractivity contribution in [2.45, 2.75) is 3.79 Å². The molecule has 1 amide bonds. The predicted octanol–water partition coefficient (Wildman–Crippen LogP) is 2.48. The first-order valence-corrected chi connectivity index (χ1v) is 3.73. The molecule has 0 heterocycles. The van der Waals surface area contributed by atoms with E-state index in [4.69, 9.17) is 46.4 Å². The van der Waals surface area contributed by atoms with Crippen LogP contribution in [0.2, 0.25) is 0 Å². The zero-order valence-corrected chi connectivity index (χ0v) is 7.90. The number of carbonyl (C=O) groups is 1. The van der Waals surface area contributed by atoms with Gasteiger partial charge in [0.05, 0.1) is 0 Å². The minimum Gasteiger partial charge on any atom is -0.311 e. The van der Waals surface area contributed by atoms with E-state index in [9.17, 15) is 9.18 Å². The van der Waals surface area contributed by atoms with Crippen LogP contribution in [0, 0.1) is 0 Å². The molecule has 0 radical (unpaired) electrons. The van der Waals surface area contributed by atoms with Crippen LogP contribution in [0.5, 0.6) is 0 Å². The van der Waals surface area contributed by atoms with Crippen molar-refractivity contribution in [2.24, 2.45) is 0 Å². The van der Waals surface area contributed by atoms with Crippen molar-refractivity contribution in [3.8, 4) is 0 Å². The molecule has 0 aliphatic rings. The predicted molar refractivity (Wildman–Crippen MR) is 43.5 cm³/mol. The molecule has 1 N–H and O–H groups in total. The van der Waals surface area contributed by atoms with Gasteiger partial charge in [0.15, 0.2) is 0 Å². The van der Waals surface area contributed by atoms with E-state index >= 15 is 0 Å². The van der Waals surface area contributed by atoms with Gasteiger partial charge in [0.25, 0.3) is 9.70 Å². The van der Waals surface area contributed by atoms with Crippen molar-refractivity contribution < 1.29 is 9.18 Å². The molecule has 64 valence electrons. The zero-order chi connectivity index (χ0) is 9.07. The molecule has 0 aromatic rings. The molecule has 2 nitrogen and oxygen atoms in total. The molecular formula is C4H2Cl4FNO. The molecule has 0 unspecified atom stereocenters. The Kier molecular flexibility index (Phi) is 4.48. The highest BCUT2D eigenvalue weighted by atomic mass is 35.6. The minimum atomic E-state index is -2.14. The molecule has 7 heteroatoms. The van der Waals surface area contributed by atoms with Crippen molar-refractivity contribution in [3.63, 3.8) is 0 Å². The molecule has 0 atom stereocenters. The maximum atomic E-state index is 11.5. The van der Waals surface area contributed by atoms with Crippen LogP contribution in [-0.4, -0.2) is 9.70 Å². The largest absolute Gasteiger partial charge is 0.311 e.